The van der Waals surface area contributed by atoms with Gasteiger partial charge in [-0.1, -0.05) is 18.2 Å². The first-order valence-electron chi connectivity index (χ1n) is 4.52. The van der Waals surface area contributed by atoms with E-state index in [1.54, 1.807) is 12.1 Å². The van der Waals surface area contributed by atoms with E-state index < -0.39 is 17.7 Å². The Morgan fingerprint density at radius 3 is 2.53 bits per heavy atom. The third-order valence-electron chi connectivity index (χ3n) is 2.17. The van der Waals surface area contributed by atoms with Crippen LogP contribution in [-0.4, -0.2) is 23.8 Å². The molecule has 0 aromatic heterocycles. The van der Waals surface area contributed by atoms with Gasteiger partial charge in [0.15, 0.2) is 0 Å². The van der Waals surface area contributed by atoms with Crippen LogP contribution in [0.4, 0.5) is 4.39 Å². The molecule has 1 aromatic carbocycles. The lowest BCUT2D eigenvalue weighted by atomic mass is 9.98. The van der Waals surface area contributed by atoms with E-state index in [-0.39, 0.29) is 11.3 Å². The third kappa shape index (κ3) is 2.40. The van der Waals surface area contributed by atoms with Crippen molar-refractivity contribution in [3.8, 4) is 0 Å². The van der Waals surface area contributed by atoms with Gasteiger partial charge in [-0.2, -0.15) is 0 Å². The Hall–Kier alpha value is -1.71. The van der Waals surface area contributed by atoms with Gasteiger partial charge in [0.2, 0.25) is 0 Å². The van der Waals surface area contributed by atoms with Gasteiger partial charge in [0, 0.05) is 12.6 Å². The lowest BCUT2D eigenvalue weighted by molar-refractivity contribution is -0.138. The Morgan fingerprint density at radius 2 is 2.07 bits per heavy atom. The van der Waals surface area contributed by atoms with Crippen LogP contribution >= 0.6 is 0 Å². The summed E-state index contributed by atoms with van der Waals surface area (Å²) in [4.78, 5) is 14.6. The Bertz CT molecular complexity index is 401. The number of hydrogen-bond acceptors (Lipinski definition) is 2. The molecular weight excluding hydrogens is 197 g/mol. The lowest BCUT2D eigenvalue weighted by Crippen LogP contribution is -2.22. The molecule has 1 unspecified atom stereocenters. The molecule has 1 atom stereocenters. The summed E-state index contributed by atoms with van der Waals surface area (Å²) in [5.74, 6) is -2.28. The highest BCUT2D eigenvalue weighted by Crippen LogP contribution is 2.14. The van der Waals surface area contributed by atoms with Crippen LogP contribution in [0.3, 0.4) is 0 Å². The predicted molar refractivity (Wildman–Crippen MR) is 55.7 cm³/mol. The van der Waals surface area contributed by atoms with Crippen LogP contribution in [0.5, 0.6) is 0 Å². The van der Waals surface area contributed by atoms with Crippen LogP contribution in [0.2, 0.25) is 0 Å². The molecule has 0 aliphatic heterocycles. The lowest BCUT2D eigenvalue weighted by Gasteiger charge is -2.10. The molecule has 1 N–H and O–H groups in total. The first-order chi connectivity index (χ1) is 7.07. The van der Waals surface area contributed by atoms with Gasteiger partial charge in [0.1, 0.15) is 5.82 Å². The number of nitrogens with zero attached hydrogens (tertiary/aromatic N) is 1. The van der Waals surface area contributed by atoms with Crippen LogP contribution in [0.15, 0.2) is 29.3 Å². The van der Waals surface area contributed by atoms with Crippen molar-refractivity contribution in [1.82, 2.24) is 0 Å². The van der Waals surface area contributed by atoms with E-state index in [1.165, 1.54) is 26.1 Å². The van der Waals surface area contributed by atoms with E-state index in [9.17, 15) is 9.18 Å². The summed E-state index contributed by atoms with van der Waals surface area (Å²) in [5, 5.41) is 8.83. The van der Waals surface area contributed by atoms with Crippen LogP contribution in [0.25, 0.3) is 0 Å². The Balaban J connectivity index is 3.15. The van der Waals surface area contributed by atoms with E-state index in [4.69, 9.17) is 5.11 Å². The number of benzene rings is 1. The summed E-state index contributed by atoms with van der Waals surface area (Å²) in [6, 6.07) is 6.02. The summed E-state index contributed by atoms with van der Waals surface area (Å²) < 4.78 is 13.4. The van der Waals surface area contributed by atoms with Gasteiger partial charge in [-0.05, 0) is 13.0 Å². The van der Waals surface area contributed by atoms with Crippen LogP contribution in [0, 0.1) is 11.7 Å². The minimum Gasteiger partial charge on any atom is -0.481 e. The topological polar surface area (TPSA) is 49.7 Å². The zero-order chi connectivity index (χ0) is 11.4. The van der Waals surface area contributed by atoms with Gasteiger partial charge in [-0.15, -0.1) is 0 Å². The number of carboxylic acids is 1. The monoisotopic (exact) mass is 209 g/mol. The molecule has 0 saturated heterocycles. The number of rotatable bonds is 3. The molecule has 0 heterocycles. The van der Waals surface area contributed by atoms with Gasteiger partial charge >= 0.3 is 5.97 Å². The fourth-order valence-corrected chi connectivity index (χ4v) is 1.33. The van der Waals surface area contributed by atoms with Crippen molar-refractivity contribution < 1.29 is 14.3 Å². The minimum absolute atomic E-state index is 0.245. The number of aliphatic carboxylic acids is 1. The molecule has 0 amide bonds. The van der Waals surface area contributed by atoms with Crippen molar-refractivity contribution in [3.05, 3.63) is 35.6 Å². The summed E-state index contributed by atoms with van der Waals surface area (Å²) in [6.07, 6.45) is 0. The average Bonchev–Trinajstić information content (AvgIpc) is 2.21. The van der Waals surface area contributed by atoms with Crippen LogP contribution in [0.1, 0.15) is 12.5 Å². The number of halogens is 1. The van der Waals surface area contributed by atoms with Crippen molar-refractivity contribution in [2.75, 3.05) is 7.05 Å². The molecule has 3 nitrogen and oxygen atoms in total. The molecular formula is C11H12FNO2. The molecule has 0 aliphatic carbocycles. The highest BCUT2D eigenvalue weighted by Gasteiger charge is 2.21. The number of carboxylic acid groups (broad SMARTS) is 1. The minimum atomic E-state index is -1.01. The summed E-state index contributed by atoms with van der Waals surface area (Å²) in [7, 11) is 1.46. The van der Waals surface area contributed by atoms with Crippen molar-refractivity contribution in [1.29, 1.82) is 0 Å². The Kier molecular flexibility index (Phi) is 3.55. The number of hydrogen-bond donors (Lipinski definition) is 1. The predicted octanol–water partition coefficient (Wildman–Crippen LogP) is 1.97. The van der Waals surface area contributed by atoms with E-state index in [2.05, 4.69) is 4.99 Å². The average molecular weight is 209 g/mol. The fourth-order valence-electron chi connectivity index (χ4n) is 1.33. The van der Waals surface area contributed by atoms with Gasteiger partial charge in [0.25, 0.3) is 0 Å². The first-order valence-corrected chi connectivity index (χ1v) is 4.52. The second-order valence-corrected chi connectivity index (χ2v) is 3.15. The first kappa shape index (κ1) is 11.4. The van der Waals surface area contributed by atoms with Crippen LogP contribution in [-0.2, 0) is 4.79 Å². The van der Waals surface area contributed by atoms with Crippen LogP contribution < -0.4 is 0 Å². The van der Waals surface area contributed by atoms with Gasteiger partial charge in [0.05, 0.1) is 11.6 Å². The smallest absolute Gasteiger partial charge is 0.312 e. The highest BCUT2D eigenvalue weighted by atomic mass is 19.1. The Labute approximate surface area is 87.3 Å². The molecule has 0 saturated carbocycles. The molecule has 15 heavy (non-hydrogen) atoms. The largest absolute Gasteiger partial charge is 0.481 e. The maximum Gasteiger partial charge on any atom is 0.312 e. The van der Waals surface area contributed by atoms with E-state index >= 15 is 0 Å². The Morgan fingerprint density at radius 1 is 1.47 bits per heavy atom. The van der Waals surface area contributed by atoms with Gasteiger partial charge in [-0.25, -0.2) is 4.39 Å². The molecule has 4 heteroatoms. The summed E-state index contributed by atoms with van der Waals surface area (Å²) in [5.41, 5.74) is 0.496. The molecule has 0 fully saturated rings. The number of aliphatic imine (C=N–C) groups is 1. The third-order valence-corrected chi connectivity index (χ3v) is 2.17. The molecule has 80 valence electrons. The van der Waals surface area contributed by atoms with Crippen molar-refractivity contribution in [2.45, 2.75) is 6.92 Å². The summed E-state index contributed by atoms with van der Waals surface area (Å²) >= 11 is 0. The fraction of sp³-hybridized carbons (Fsp3) is 0.273. The second kappa shape index (κ2) is 4.68. The van der Waals surface area contributed by atoms with Crippen molar-refractivity contribution >= 4 is 11.7 Å². The van der Waals surface area contributed by atoms with Gasteiger partial charge in [-0.3, -0.25) is 9.79 Å². The van der Waals surface area contributed by atoms with E-state index in [0.717, 1.165) is 0 Å². The normalized spacial score (nSPS) is 13.7. The molecule has 0 radical (unpaired) electrons. The highest BCUT2D eigenvalue weighted by molar-refractivity contribution is 6.11. The van der Waals surface area contributed by atoms with Crippen molar-refractivity contribution in [3.63, 3.8) is 0 Å². The molecule has 0 aliphatic rings. The molecule has 0 bridgehead atoms. The zero-order valence-corrected chi connectivity index (χ0v) is 8.57. The quantitative estimate of drug-likeness (QED) is 0.773. The number of carbonyl (C=O) groups is 1. The van der Waals surface area contributed by atoms with Crippen molar-refractivity contribution in [2.24, 2.45) is 10.9 Å². The molecule has 1 aromatic rings. The SMILES string of the molecule is CN=C(c1ccccc1F)C(C)C(=O)O. The van der Waals surface area contributed by atoms with Gasteiger partial charge < -0.3 is 5.11 Å². The second-order valence-electron chi connectivity index (χ2n) is 3.15. The van der Waals surface area contributed by atoms with E-state index in [1.807, 2.05) is 0 Å². The molecule has 0 spiro atoms. The van der Waals surface area contributed by atoms with E-state index in [0.29, 0.717) is 0 Å². The molecule has 1 rings (SSSR count). The maximum absolute atomic E-state index is 13.4. The standard InChI is InChI=1S/C11H12FNO2/c1-7(11(14)15)10(13-2)8-5-3-4-6-9(8)12/h3-7H,1-2H3,(H,14,15). The zero-order valence-electron chi connectivity index (χ0n) is 8.57. The maximum atomic E-state index is 13.4. The summed E-state index contributed by atoms with van der Waals surface area (Å²) in [6.45, 7) is 1.48.